The van der Waals surface area contributed by atoms with Crippen molar-refractivity contribution < 1.29 is 13.6 Å². The monoisotopic (exact) mass is 477 g/mol. The van der Waals surface area contributed by atoms with Crippen LogP contribution in [0.15, 0.2) is 42.7 Å². The maximum Gasteiger partial charge on any atom is 0.237 e. The maximum atomic E-state index is 14.1. The standard InChI is InChI=1S/C25H25F2N7O/c1-14-11-29-21-6-5-15(13-34(14)21)22-23(16-8-17(26)10-18(27)9-16)32-24(28)19(31-22)12-30-25(35)20-4-3-7-33(20)2/h5-6,8-11,13,20H,3-4,7,12H2,1-2H3,(H2,28,32)(H,30,35). The smallest absolute Gasteiger partial charge is 0.237 e. The Morgan fingerprint density at radius 3 is 2.60 bits per heavy atom. The number of rotatable bonds is 5. The van der Waals surface area contributed by atoms with Gasteiger partial charge in [-0.05, 0) is 57.6 Å². The Balaban J connectivity index is 1.58. The van der Waals surface area contributed by atoms with Crippen LogP contribution in [0, 0.1) is 18.6 Å². The summed E-state index contributed by atoms with van der Waals surface area (Å²) in [6.45, 7) is 2.88. The number of imidazole rings is 1. The summed E-state index contributed by atoms with van der Waals surface area (Å²) in [5.41, 5.74) is 9.75. The molecule has 35 heavy (non-hydrogen) atoms. The van der Waals surface area contributed by atoms with Crippen molar-refractivity contribution in [3.8, 4) is 22.5 Å². The topological polar surface area (TPSA) is 101 Å². The van der Waals surface area contributed by atoms with Gasteiger partial charge < -0.3 is 15.5 Å². The van der Waals surface area contributed by atoms with Gasteiger partial charge in [0.1, 0.15) is 28.8 Å². The zero-order chi connectivity index (χ0) is 24.7. The van der Waals surface area contributed by atoms with Gasteiger partial charge in [0.2, 0.25) is 5.91 Å². The maximum absolute atomic E-state index is 14.1. The van der Waals surface area contributed by atoms with E-state index in [1.54, 1.807) is 6.20 Å². The van der Waals surface area contributed by atoms with Crippen molar-refractivity contribution in [3.05, 3.63) is 65.7 Å². The number of halogens is 2. The molecule has 1 atom stereocenters. The highest BCUT2D eigenvalue weighted by Crippen LogP contribution is 2.32. The van der Waals surface area contributed by atoms with Gasteiger partial charge >= 0.3 is 0 Å². The van der Waals surface area contributed by atoms with Gasteiger partial charge in [-0.25, -0.2) is 23.7 Å². The number of anilines is 1. The summed E-state index contributed by atoms with van der Waals surface area (Å²) in [6.07, 6.45) is 5.35. The molecule has 0 bridgehead atoms. The highest BCUT2D eigenvalue weighted by molar-refractivity contribution is 5.82. The second kappa shape index (κ2) is 9.03. The molecule has 1 aromatic carbocycles. The number of nitrogen functional groups attached to an aromatic ring is 1. The van der Waals surface area contributed by atoms with Crippen LogP contribution in [0.1, 0.15) is 24.2 Å². The minimum Gasteiger partial charge on any atom is -0.382 e. The van der Waals surface area contributed by atoms with Crippen molar-refractivity contribution in [2.75, 3.05) is 19.3 Å². The largest absolute Gasteiger partial charge is 0.382 e. The minimum atomic E-state index is -0.732. The molecule has 1 aliphatic rings. The lowest BCUT2D eigenvalue weighted by atomic mass is 10.0. The summed E-state index contributed by atoms with van der Waals surface area (Å²) in [5.74, 6) is -1.48. The Hall–Kier alpha value is -3.92. The number of likely N-dealkylation sites (N-methyl/N-ethyl adjacent to an activating group) is 1. The summed E-state index contributed by atoms with van der Waals surface area (Å²) in [6, 6.07) is 6.63. The fourth-order valence-corrected chi connectivity index (χ4v) is 4.48. The molecule has 0 spiro atoms. The summed E-state index contributed by atoms with van der Waals surface area (Å²) < 4.78 is 30.0. The summed E-state index contributed by atoms with van der Waals surface area (Å²) in [7, 11) is 1.92. The summed E-state index contributed by atoms with van der Waals surface area (Å²) in [5, 5.41) is 2.90. The number of hydrogen-bond donors (Lipinski definition) is 2. The number of nitrogens with one attached hydrogen (secondary N) is 1. The van der Waals surface area contributed by atoms with Crippen molar-refractivity contribution in [3.63, 3.8) is 0 Å². The van der Waals surface area contributed by atoms with Gasteiger partial charge in [-0.1, -0.05) is 0 Å². The van der Waals surface area contributed by atoms with E-state index in [0.717, 1.165) is 36.8 Å². The Morgan fingerprint density at radius 1 is 1.14 bits per heavy atom. The molecule has 0 saturated carbocycles. The van der Waals surface area contributed by atoms with Crippen molar-refractivity contribution in [1.29, 1.82) is 0 Å². The molecule has 8 nitrogen and oxygen atoms in total. The number of nitrogens with two attached hydrogens (primary N) is 1. The number of benzene rings is 1. The average molecular weight is 478 g/mol. The van der Waals surface area contributed by atoms with Crippen LogP contribution in [0.3, 0.4) is 0 Å². The van der Waals surface area contributed by atoms with E-state index in [0.29, 0.717) is 17.0 Å². The zero-order valence-corrected chi connectivity index (χ0v) is 19.4. The quantitative estimate of drug-likeness (QED) is 0.457. The summed E-state index contributed by atoms with van der Waals surface area (Å²) in [4.78, 5) is 28.2. The predicted molar refractivity (Wildman–Crippen MR) is 128 cm³/mol. The molecule has 1 aliphatic heterocycles. The van der Waals surface area contributed by atoms with Crippen LogP contribution in [-0.2, 0) is 11.3 Å². The Labute approximate surface area is 200 Å². The molecule has 4 aromatic rings. The molecule has 1 unspecified atom stereocenters. The van der Waals surface area contributed by atoms with E-state index in [-0.39, 0.29) is 35.6 Å². The molecular weight excluding hydrogens is 452 g/mol. The number of carbonyl (C=O) groups is 1. The number of carbonyl (C=O) groups excluding carboxylic acids is 1. The second-order valence-corrected chi connectivity index (χ2v) is 8.81. The molecule has 1 saturated heterocycles. The van der Waals surface area contributed by atoms with Crippen LogP contribution in [0.4, 0.5) is 14.6 Å². The lowest BCUT2D eigenvalue weighted by Crippen LogP contribution is -2.41. The number of hydrogen-bond acceptors (Lipinski definition) is 6. The van der Waals surface area contributed by atoms with Gasteiger partial charge in [-0.3, -0.25) is 9.69 Å². The first-order valence-corrected chi connectivity index (χ1v) is 11.3. The lowest BCUT2D eigenvalue weighted by molar-refractivity contribution is -0.125. The van der Waals surface area contributed by atoms with Crippen molar-refractivity contribution in [2.45, 2.75) is 32.4 Å². The van der Waals surface area contributed by atoms with Crippen LogP contribution in [0.5, 0.6) is 0 Å². The minimum absolute atomic E-state index is 0.0772. The average Bonchev–Trinajstić information content (AvgIpc) is 3.42. The molecule has 0 aliphatic carbocycles. The van der Waals surface area contributed by atoms with Crippen molar-refractivity contribution in [2.24, 2.45) is 0 Å². The van der Waals surface area contributed by atoms with E-state index >= 15 is 0 Å². The van der Waals surface area contributed by atoms with Gasteiger partial charge in [-0.2, -0.15) is 0 Å². The molecule has 10 heteroatoms. The fourth-order valence-electron chi connectivity index (χ4n) is 4.48. The van der Waals surface area contributed by atoms with Crippen LogP contribution in [0.2, 0.25) is 0 Å². The van der Waals surface area contributed by atoms with Crippen LogP contribution >= 0.6 is 0 Å². The van der Waals surface area contributed by atoms with E-state index in [9.17, 15) is 13.6 Å². The Morgan fingerprint density at radius 2 is 1.89 bits per heavy atom. The van der Waals surface area contributed by atoms with Gasteiger partial charge in [0.05, 0.1) is 24.0 Å². The Kier molecular flexibility index (Phi) is 5.89. The SMILES string of the molecule is Cc1cnc2ccc(-c3nc(CNC(=O)C4CCCN4C)c(N)nc3-c3cc(F)cc(F)c3)cn12. The van der Waals surface area contributed by atoms with E-state index in [4.69, 9.17) is 10.7 Å². The number of aromatic nitrogens is 4. The highest BCUT2D eigenvalue weighted by atomic mass is 19.1. The number of aryl methyl sites for hydroxylation is 1. The number of nitrogens with zero attached hydrogens (tertiary/aromatic N) is 5. The van der Waals surface area contributed by atoms with Crippen molar-refractivity contribution in [1.82, 2.24) is 29.6 Å². The highest BCUT2D eigenvalue weighted by Gasteiger charge is 2.28. The van der Waals surface area contributed by atoms with E-state index in [2.05, 4.69) is 15.3 Å². The van der Waals surface area contributed by atoms with E-state index in [1.165, 1.54) is 12.1 Å². The van der Waals surface area contributed by atoms with E-state index < -0.39 is 11.6 Å². The van der Waals surface area contributed by atoms with Gasteiger partial charge in [0.15, 0.2) is 0 Å². The number of pyridine rings is 1. The first-order chi connectivity index (χ1) is 16.8. The second-order valence-electron chi connectivity index (χ2n) is 8.81. The number of amides is 1. The zero-order valence-electron chi connectivity index (χ0n) is 19.4. The molecule has 0 radical (unpaired) electrons. The third-order valence-corrected chi connectivity index (χ3v) is 6.35. The molecule has 3 aromatic heterocycles. The molecule has 3 N–H and O–H groups in total. The molecule has 1 fully saturated rings. The van der Waals surface area contributed by atoms with Gasteiger partial charge in [0.25, 0.3) is 0 Å². The van der Waals surface area contributed by atoms with Gasteiger partial charge in [-0.15, -0.1) is 0 Å². The first kappa shape index (κ1) is 22.9. The fraction of sp³-hybridized carbons (Fsp3) is 0.280. The van der Waals surface area contributed by atoms with Crippen LogP contribution in [-0.4, -0.2) is 49.8 Å². The predicted octanol–water partition coefficient (Wildman–Crippen LogP) is 3.34. The third kappa shape index (κ3) is 4.44. The van der Waals surface area contributed by atoms with Crippen LogP contribution < -0.4 is 11.1 Å². The van der Waals surface area contributed by atoms with Gasteiger partial charge in [0, 0.05) is 35.3 Å². The molecular formula is C25H25F2N7O. The molecule has 1 amide bonds. The van der Waals surface area contributed by atoms with E-state index in [1.807, 2.05) is 41.6 Å². The molecule has 180 valence electrons. The molecule has 5 rings (SSSR count). The lowest BCUT2D eigenvalue weighted by Gasteiger charge is -2.19. The first-order valence-electron chi connectivity index (χ1n) is 11.3. The van der Waals surface area contributed by atoms with Crippen LogP contribution in [0.25, 0.3) is 28.2 Å². The number of likely N-dealkylation sites (tertiary alicyclic amines) is 1. The third-order valence-electron chi connectivity index (χ3n) is 6.35. The molecule has 4 heterocycles. The number of fused-ring (bicyclic) bond motifs is 1. The Bertz CT molecular complexity index is 1410. The summed E-state index contributed by atoms with van der Waals surface area (Å²) >= 11 is 0. The van der Waals surface area contributed by atoms with Crippen molar-refractivity contribution >= 4 is 17.4 Å². The normalized spacial score (nSPS) is 16.2.